The Morgan fingerprint density at radius 3 is 2.50 bits per heavy atom. The quantitative estimate of drug-likeness (QED) is 0.489. The highest BCUT2D eigenvalue weighted by atomic mass is 79.9. The number of ether oxygens (including phenoxy) is 3. The van der Waals surface area contributed by atoms with Gasteiger partial charge in [0.05, 0.1) is 12.7 Å². The molecular formula is C24H19BrN2O5. The molecule has 2 N–H and O–H groups in total. The number of nitrogens with one attached hydrogen (secondary N) is 2. The van der Waals surface area contributed by atoms with Crippen molar-refractivity contribution in [2.45, 2.75) is 0 Å². The van der Waals surface area contributed by atoms with Crippen LogP contribution in [0.15, 0.2) is 76.9 Å². The Morgan fingerprint density at radius 2 is 1.75 bits per heavy atom. The van der Waals surface area contributed by atoms with E-state index in [0.717, 1.165) is 0 Å². The van der Waals surface area contributed by atoms with Crippen molar-refractivity contribution in [2.24, 2.45) is 0 Å². The number of rotatable bonds is 6. The zero-order valence-corrected chi connectivity index (χ0v) is 18.6. The highest BCUT2D eigenvalue weighted by Gasteiger charge is 2.18. The molecule has 0 aliphatic carbocycles. The zero-order chi connectivity index (χ0) is 22.5. The summed E-state index contributed by atoms with van der Waals surface area (Å²) in [6.07, 6.45) is 1.58. The number of hydrogen-bond acceptors (Lipinski definition) is 5. The van der Waals surface area contributed by atoms with Gasteiger partial charge in [-0.3, -0.25) is 9.59 Å². The highest BCUT2D eigenvalue weighted by molar-refractivity contribution is 9.10. The fraction of sp³-hybridized carbons (Fsp3) is 0.0833. The van der Waals surface area contributed by atoms with Crippen LogP contribution in [0.5, 0.6) is 17.2 Å². The van der Waals surface area contributed by atoms with E-state index in [9.17, 15) is 9.59 Å². The number of benzene rings is 3. The van der Waals surface area contributed by atoms with Gasteiger partial charge in [-0.05, 0) is 76.1 Å². The number of hydrogen-bond donors (Lipinski definition) is 2. The van der Waals surface area contributed by atoms with Crippen molar-refractivity contribution in [3.05, 3.63) is 88.0 Å². The normalized spacial score (nSPS) is 12.2. The SMILES string of the molecule is COc1ccc(NC(=O)/C(=C\c2ccc3c(c2)OCO3)NC(=O)c2ccccc2Br)cc1. The number of fused-ring (bicyclic) bond motifs is 1. The number of anilines is 1. The summed E-state index contributed by atoms with van der Waals surface area (Å²) >= 11 is 3.37. The number of halogens is 1. The lowest BCUT2D eigenvalue weighted by atomic mass is 10.1. The number of carbonyl (C=O) groups is 2. The van der Waals surface area contributed by atoms with Gasteiger partial charge in [-0.2, -0.15) is 0 Å². The second-order valence-corrected chi connectivity index (χ2v) is 7.64. The third kappa shape index (κ3) is 4.92. The number of methoxy groups -OCH3 is 1. The van der Waals surface area contributed by atoms with E-state index in [0.29, 0.717) is 38.5 Å². The Balaban J connectivity index is 1.62. The summed E-state index contributed by atoms with van der Waals surface area (Å²) in [5.74, 6) is 0.971. The molecule has 8 heteroatoms. The molecule has 0 unspecified atom stereocenters. The molecule has 2 amide bonds. The molecule has 3 aromatic rings. The zero-order valence-electron chi connectivity index (χ0n) is 17.1. The smallest absolute Gasteiger partial charge is 0.272 e. The third-order valence-electron chi connectivity index (χ3n) is 4.67. The second kappa shape index (κ2) is 9.57. The Kier molecular flexibility index (Phi) is 6.42. The Bertz CT molecular complexity index is 1190. The van der Waals surface area contributed by atoms with Gasteiger partial charge in [0, 0.05) is 10.2 Å². The van der Waals surface area contributed by atoms with Gasteiger partial charge in [-0.15, -0.1) is 0 Å². The number of amides is 2. The van der Waals surface area contributed by atoms with Crippen molar-refractivity contribution in [3.63, 3.8) is 0 Å². The lowest BCUT2D eigenvalue weighted by Gasteiger charge is -2.12. The molecule has 1 heterocycles. The van der Waals surface area contributed by atoms with Gasteiger partial charge in [0.1, 0.15) is 11.4 Å². The van der Waals surface area contributed by atoms with E-state index in [4.69, 9.17) is 14.2 Å². The minimum absolute atomic E-state index is 0.0698. The standard InChI is InChI=1S/C24H19BrN2O5/c1-30-17-9-7-16(8-10-17)26-24(29)20(27-23(28)18-4-2-3-5-19(18)25)12-15-6-11-21-22(13-15)32-14-31-21/h2-13H,14H2,1H3,(H,26,29)(H,27,28)/b20-12+. The summed E-state index contributed by atoms with van der Waals surface area (Å²) in [7, 11) is 1.57. The predicted octanol–water partition coefficient (Wildman–Crippen LogP) is 4.60. The van der Waals surface area contributed by atoms with Crippen LogP contribution >= 0.6 is 15.9 Å². The fourth-order valence-corrected chi connectivity index (χ4v) is 3.50. The summed E-state index contributed by atoms with van der Waals surface area (Å²) < 4.78 is 16.5. The van der Waals surface area contributed by atoms with Crippen molar-refractivity contribution in [1.29, 1.82) is 0 Å². The van der Waals surface area contributed by atoms with Crippen LogP contribution in [0.3, 0.4) is 0 Å². The summed E-state index contributed by atoms with van der Waals surface area (Å²) in [4.78, 5) is 25.9. The fourth-order valence-electron chi connectivity index (χ4n) is 3.04. The molecule has 0 bridgehead atoms. The molecule has 7 nitrogen and oxygen atoms in total. The van der Waals surface area contributed by atoms with Gasteiger partial charge in [0.25, 0.3) is 11.8 Å². The Morgan fingerprint density at radius 1 is 1.00 bits per heavy atom. The van der Waals surface area contributed by atoms with Crippen LogP contribution < -0.4 is 24.8 Å². The minimum Gasteiger partial charge on any atom is -0.497 e. The van der Waals surface area contributed by atoms with Crippen LogP contribution in [0.25, 0.3) is 6.08 Å². The molecule has 0 saturated carbocycles. The van der Waals surface area contributed by atoms with Crippen LogP contribution in [0.2, 0.25) is 0 Å². The lowest BCUT2D eigenvalue weighted by molar-refractivity contribution is -0.113. The second-order valence-electron chi connectivity index (χ2n) is 6.79. The largest absolute Gasteiger partial charge is 0.497 e. The van der Waals surface area contributed by atoms with Crippen LogP contribution in [0, 0.1) is 0 Å². The topological polar surface area (TPSA) is 85.9 Å². The van der Waals surface area contributed by atoms with Gasteiger partial charge in [0.15, 0.2) is 11.5 Å². The maximum Gasteiger partial charge on any atom is 0.272 e. The number of carbonyl (C=O) groups excluding carboxylic acids is 2. The van der Waals surface area contributed by atoms with E-state index in [1.54, 1.807) is 79.9 Å². The van der Waals surface area contributed by atoms with Crippen LogP contribution in [0.1, 0.15) is 15.9 Å². The molecule has 0 fully saturated rings. The van der Waals surface area contributed by atoms with Gasteiger partial charge in [-0.25, -0.2) is 0 Å². The molecule has 0 saturated heterocycles. The van der Waals surface area contributed by atoms with Crippen molar-refractivity contribution >= 4 is 39.5 Å². The lowest BCUT2D eigenvalue weighted by Crippen LogP contribution is -2.31. The molecule has 0 spiro atoms. The first kappa shape index (κ1) is 21.5. The summed E-state index contributed by atoms with van der Waals surface area (Å²) in [5, 5.41) is 5.51. The molecule has 1 aliphatic heterocycles. The van der Waals surface area contributed by atoms with Crippen molar-refractivity contribution in [3.8, 4) is 17.2 Å². The van der Waals surface area contributed by atoms with Crippen molar-refractivity contribution in [1.82, 2.24) is 5.32 Å². The predicted molar refractivity (Wildman–Crippen MR) is 124 cm³/mol. The van der Waals surface area contributed by atoms with Crippen LogP contribution in [-0.4, -0.2) is 25.7 Å². The van der Waals surface area contributed by atoms with E-state index in [2.05, 4.69) is 26.6 Å². The van der Waals surface area contributed by atoms with E-state index in [1.165, 1.54) is 0 Å². The van der Waals surface area contributed by atoms with Crippen molar-refractivity contribution < 1.29 is 23.8 Å². The Labute approximate surface area is 193 Å². The molecule has 1 aliphatic rings. The summed E-state index contributed by atoms with van der Waals surface area (Å²) in [5.41, 5.74) is 1.70. The maximum absolute atomic E-state index is 13.1. The Hall–Kier alpha value is -3.78. The van der Waals surface area contributed by atoms with Gasteiger partial charge < -0.3 is 24.8 Å². The van der Waals surface area contributed by atoms with Crippen LogP contribution in [0.4, 0.5) is 5.69 Å². The molecule has 0 atom stereocenters. The summed E-state index contributed by atoms with van der Waals surface area (Å²) in [6, 6.07) is 19.1. The maximum atomic E-state index is 13.1. The molecule has 162 valence electrons. The van der Waals surface area contributed by atoms with E-state index in [-0.39, 0.29) is 12.5 Å². The first-order valence-corrected chi connectivity index (χ1v) is 10.5. The minimum atomic E-state index is -0.478. The van der Waals surface area contributed by atoms with Gasteiger partial charge in [-0.1, -0.05) is 18.2 Å². The molecular weight excluding hydrogens is 476 g/mol. The molecule has 32 heavy (non-hydrogen) atoms. The van der Waals surface area contributed by atoms with E-state index < -0.39 is 11.8 Å². The first-order chi connectivity index (χ1) is 15.5. The third-order valence-corrected chi connectivity index (χ3v) is 5.36. The summed E-state index contributed by atoms with van der Waals surface area (Å²) in [6.45, 7) is 0.145. The molecule has 0 radical (unpaired) electrons. The molecule has 0 aromatic heterocycles. The monoisotopic (exact) mass is 494 g/mol. The molecule has 4 rings (SSSR count). The molecule has 3 aromatic carbocycles. The highest BCUT2D eigenvalue weighted by Crippen LogP contribution is 2.33. The average molecular weight is 495 g/mol. The van der Waals surface area contributed by atoms with E-state index in [1.807, 2.05) is 0 Å². The van der Waals surface area contributed by atoms with Crippen molar-refractivity contribution in [2.75, 3.05) is 19.2 Å². The van der Waals surface area contributed by atoms with Gasteiger partial charge in [0.2, 0.25) is 6.79 Å². The average Bonchev–Trinajstić information content (AvgIpc) is 3.27. The first-order valence-electron chi connectivity index (χ1n) is 9.66. The van der Waals surface area contributed by atoms with E-state index >= 15 is 0 Å². The van der Waals surface area contributed by atoms with Crippen LogP contribution in [-0.2, 0) is 4.79 Å². The van der Waals surface area contributed by atoms with Gasteiger partial charge >= 0.3 is 0 Å².